The molecule has 8 aromatic rings. The first-order chi connectivity index (χ1) is 24.1. The van der Waals surface area contributed by atoms with E-state index >= 15 is 5.72 Å². The molecule has 234 valence electrons. The van der Waals surface area contributed by atoms with Gasteiger partial charge in [0.05, 0.1) is 0 Å². The Hall–Kier alpha value is -5.21. The first-order valence-electron chi connectivity index (χ1n) is 16.4. The molecule has 2 nitrogen and oxygen atoms in total. The fourth-order valence-corrected chi connectivity index (χ4v) is 11.9. The normalized spacial score (nSPS) is 14.4. The number of nitrogens with zero attached hydrogens (tertiary/aromatic N) is 2. The number of fused-ring (bicyclic) bond motifs is 7. The molecule has 0 aliphatic carbocycles. The van der Waals surface area contributed by atoms with Crippen molar-refractivity contribution in [3.8, 4) is 5.69 Å². The van der Waals surface area contributed by atoms with Gasteiger partial charge in [0.25, 0.3) is 0 Å². The zero-order valence-corrected chi connectivity index (χ0v) is 28.4. The Morgan fingerprint density at radius 2 is 1.10 bits per heavy atom. The number of para-hydroxylation sites is 2. The average molecular weight is 748 g/mol. The minimum absolute atomic E-state index is 0.108. The second kappa shape index (κ2) is 10.6. The maximum atomic E-state index is 17.3. The molecule has 1 aromatic heterocycles. The van der Waals surface area contributed by atoms with Crippen molar-refractivity contribution in [3.63, 3.8) is 0 Å². The molecule has 0 radical (unpaired) electrons. The van der Waals surface area contributed by atoms with Crippen molar-refractivity contribution >= 4 is 70.0 Å². The van der Waals surface area contributed by atoms with Gasteiger partial charge in [-0.05, 0) is 0 Å². The molecule has 0 saturated carbocycles. The van der Waals surface area contributed by atoms with Gasteiger partial charge < -0.3 is 0 Å². The quantitative estimate of drug-likeness (QED) is 0.126. The van der Waals surface area contributed by atoms with Gasteiger partial charge in [0.1, 0.15) is 0 Å². The summed E-state index contributed by atoms with van der Waals surface area (Å²) in [5.74, 6) is 0. The molecule has 0 saturated heterocycles. The molecule has 7 aromatic carbocycles. The van der Waals surface area contributed by atoms with Crippen molar-refractivity contribution < 1.29 is 5.72 Å². The van der Waals surface area contributed by atoms with Gasteiger partial charge in [0, 0.05) is 0 Å². The van der Waals surface area contributed by atoms with E-state index in [9.17, 15) is 0 Å². The summed E-state index contributed by atoms with van der Waals surface area (Å²) in [6, 6.07) is 56.6. The van der Waals surface area contributed by atoms with Crippen LogP contribution in [0.25, 0.3) is 27.5 Å². The van der Waals surface area contributed by atoms with Gasteiger partial charge in [-0.15, -0.1) is 0 Å². The first kappa shape index (κ1) is 28.8. The number of hydrogen-bond donors (Lipinski definition) is 0. The summed E-state index contributed by atoms with van der Waals surface area (Å²) in [5.41, 5.74) is 9.63. The number of halogens is 3. The van der Waals surface area contributed by atoms with Gasteiger partial charge in [0.15, 0.2) is 0 Å². The molecule has 0 bridgehead atoms. The zero-order chi connectivity index (χ0) is 32.7. The SMILES string of the molecule is FI(F)(=Nc1ccccc1)c1cccc2c1B1c3c(cccc3C2(c2ccccc2)c2ccccc2)-n2c3ccccc3c3cccc1c32. The molecule has 0 N–H and O–H groups in total. The molecule has 3 heterocycles. The van der Waals surface area contributed by atoms with Crippen LogP contribution in [0.4, 0.5) is 11.4 Å². The standard InChI is InChI=1S/C43H28BF2IN2/c45-47(46,48-31-19-8-3-9-20-31)37-26-13-23-34-40(37)44-36-25-12-22-33-32-21-10-11-27-38(32)49(42(33)36)39-28-14-24-35(41(39)44)43(34,29-15-4-1-5-16-29)30-17-6-2-7-18-30/h1-28H. The van der Waals surface area contributed by atoms with Crippen LogP contribution in [-0.4, -0.2) is 11.3 Å². The molecule has 0 fully saturated rings. The van der Waals surface area contributed by atoms with Gasteiger partial charge in [-0.25, -0.2) is 0 Å². The average Bonchev–Trinajstić information content (AvgIpc) is 3.49. The molecule has 49 heavy (non-hydrogen) atoms. The molecule has 6 heteroatoms. The molecule has 0 unspecified atom stereocenters. The van der Waals surface area contributed by atoms with Gasteiger partial charge >= 0.3 is 290 Å². The second-order valence-corrected chi connectivity index (χ2v) is 16.8. The van der Waals surface area contributed by atoms with E-state index in [-0.39, 0.29) is 3.57 Å². The molecular weight excluding hydrogens is 720 g/mol. The number of hydrogen-bond acceptors (Lipinski definition) is 1. The number of aromatic nitrogens is 1. The van der Waals surface area contributed by atoms with Crippen LogP contribution in [0.1, 0.15) is 22.3 Å². The summed E-state index contributed by atoms with van der Waals surface area (Å²) in [7, 11) is 0. The molecule has 2 aliphatic rings. The van der Waals surface area contributed by atoms with Crippen LogP contribution in [0.15, 0.2) is 173 Å². The van der Waals surface area contributed by atoms with Crippen molar-refractivity contribution in [1.82, 2.24) is 4.57 Å². The van der Waals surface area contributed by atoms with Crippen LogP contribution >= 0.6 is 19.4 Å². The van der Waals surface area contributed by atoms with Gasteiger partial charge in [-0.1, -0.05) is 0 Å². The molecule has 0 amide bonds. The topological polar surface area (TPSA) is 17.3 Å². The van der Waals surface area contributed by atoms with E-state index in [1.165, 1.54) is 0 Å². The fourth-order valence-electron chi connectivity index (χ4n) is 8.68. The summed E-state index contributed by atoms with van der Waals surface area (Å²) < 4.78 is 41.3. The Morgan fingerprint density at radius 1 is 0.531 bits per heavy atom. The summed E-state index contributed by atoms with van der Waals surface area (Å²) in [6.07, 6.45) is 0. The monoisotopic (exact) mass is 748 g/mol. The number of benzene rings is 7. The Balaban J connectivity index is 1.44. The van der Waals surface area contributed by atoms with Gasteiger partial charge in [-0.2, -0.15) is 0 Å². The van der Waals surface area contributed by atoms with Crippen LogP contribution in [0.2, 0.25) is 0 Å². The van der Waals surface area contributed by atoms with Crippen LogP contribution in [0.5, 0.6) is 0 Å². The van der Waals surface area contributed by atoms with Crippen molar-refractivity contribution in [2.45, 2.75) is 5.41 Å². The molecule has 10 rings (SSSR count). The zero-order valence-electron chi connectivity index (χ0n) is 26.3. The van der Waals surface area contributed by atoms with E-state index in [0.29, 0.717) is 11.2 Å². The van der Waals surface area contributed by atoms with Crippen molar-refractivity contribution in [3.05, 3.63) is 196 Å². The van der Waals surface area contributed by atoms with Crippen LogP contribution in [-0.2, 0) is 5.41 Å². The molecular formula is C43H28BF2IN2. The van der Waals surface area contributed by atoms with Crippen LogP contribution < -0.4 is 16.4 Å². The van der Waals surface area contributed by atoms with Crippen molar-refractivity contribution in [1.29, 1.82) is 0 Å². The van der Waals surface area contributed by atoms with E-state index in [4.69, 9.17) is 0 Å². The third-order valence-corrected chi connectivity index (χ3v) is 13.9. The number of rotatable bonds is 4. The third kappa shape index (κ3) is 3.92. The van der Waals surface area contributed by atoms with Crippen molar-refractivity contribution in [2.75, 3.05) is 0 Å². The van der Waals surface area contributed by atoms with Crippen molar-refractivity contribution in [2.24, 2.45) is 3.15 Å². The van der Waals surface area contributed by atoms with E-state index < -0.39 is 31.5 Å². The van der Waals surface area contributed by atoms with E-state index in [2.05, 4.69) is 123 Å². The Labute approximate surface area is 288 Å². The third-order valence-electron chi connectivity index (χ3n) is 10.4. The molecule has 0 atom stereocenters. The van der Waals surface area contributed by atoms with Gasteiger partial charge in [-0.3, -0.25) is 0 Å². The van der Waals surface area contributed by atoms with E-state index in [1.807, 2.05) is 24.3 Å². The van der Waals surface area contributed by atoms with Gasteiger partial charge in [0.2, 0.25) is 0 Å². The minimum atomic E-state index is -5.99. The second-order valence-electron chi connectivity index (χ2n) is 12.8. The van der Waals surface area contributed by atoms with E-state index in [1.54, 1.807) is 30.3 Å². The summed E-state index contributed by atoms with van der Waals surface area (Å²) in [4.78, 5) is 0. The fraction of sp³-hybridized carbons (Fsp3) is 0.0233. The Kier molecular flexibility index (Phi) is 6.25. The maximum absolute atomic E-state index is 17.3. The first-order valence-corrected chi connectivity index (χ1v) is 20.1. The predicted molar refractivity (Wildman–Crippen MR) is 207 cm³/mol. The van der Waals surface area contributed by atoms with Crippen LogP contribution in [0.3, 0.4) is 0 Å². The molecule has 0 spiro atoms. The summed E-state index contributed by atoms with van der Waals surface area (Å²) in [6.45, 7) is -0.404. The molecule has 2 aliphatic heterocycles. The summed E-state index contributed by atoms with van der Waals surface area (Å²) >= 11 is -5.99. The Bertz CT molecular complexity index is 2610. The summed E-state index contributed by atoms with van der Waals surface area (Å²) in [5, 5.41) is 2.29. The van der Waals surface area contributed by atoms with E-state index in [0.717, 1.165) is 60.7 Å². The predicted octanol–water partition coefficient (Wildman–Crippen LogP) is 9.81. The van der Waals surface area contributed by atoms with Crippen LogP contribution in [0, 0.1) is 3.57 Å². The Morgan fingerprint density at radius 3 is 1.82 bits per heavy atom.